The lowest BCUT2D eigenvalue weighted by molar-refractivity contribution is -0.120. The maximum atomic E-state index is 12.1. The Balaban J connectivity index is 1.95. The number of rotatable bonds is 9. The van der Waals surface area contributed by atoms with Crippen LogP contribution in [0, 0.1) is 0 Å². The van der Waals surface area contributed by atoms with Crippen LogP contribution < -0.4 is 15.4 Å². The molecule has 1 aliphatic heterocycles. The Morgan fingerprint density at radius 2 is 1.92 bits per heavy atom. The number of hydrogen-bond acceptors (Lipinski definition) is 5. The van der Waals surface area contributed by atoms with Crippen molar-refractivity contribution in [1.82, 2.24) is 10.6 Å². The van der Waals surface area contributed by atoms with Crippen LogP contribution in [0.4, 0.5) is 0 Å². The predicted molar refractivity (Wildman–Crippen MR) is 92.5 cm³/mol. The first-order chi connectivity index (χ1) is 11.7. The van der Waals surface area contributed by atoms with Crippen molar-refractivity contribution in [3.8, 4) is 5.75 Å². The molecule has 6 heteroatoms. The Morgan fingerprint density at radius 1 is 1.21 bits per heavy atom. The zero-order valence-corrected chi connectivity index (χ0v) is 14.6. The maximum absolute atomic E-state index is 12.1. The van der Waals surface area contributed by atoms with Crippen molar-refractivity contribution in [2.75, 3.05) is 53.7 Å². The second kappa shape index (κ2) is 9.61. The number of ether oxygens (including phenoxy) is 3. The number of carbonyl (C=O) groups is 1. The third-order valence-corrected chi connectivity index (χ3v) is 4.54. The van der Waals surface area contributed by atoms with Gasteiger partial charge in [0.1, 0.15) is 5.75 Å². The summed E-state index contributed by atoms with van der Waals surface area (Å²) in [6.45, 7) is 3.62. The van der Waals surface area contributed by atoms with E-state index in [9.17, 15) is 4.79 Å². The number of benzene rings is 1. The molecule has 0 radical (unpaired) electrons. The fourth-order valence-electron chi connectivity index (χ4n) is 2.98. The van der Waals surface area contributed by atoms with Crippen LogP contribution in [0.15, 0.2) is 24.3 Å². The Kier molecular flexibility index (Phi) is 7.49. The summed E-state index contributed by atoms with van der Waals surface area (Å²) in [4.78, 5) is 12.1. The minimum atomic E-state index is -0.0767. The number of carbonyl (C=O) groups excluding carboxylic acids is 1. The van der Waals surface area contributed by atoms with Crippen molar-refractivity contribution in [2.24, 2.45) is 0 Å². The summed E-state index contributed by atoms with van der Waals surface area (Å²) in [5.74, 6) is 0.845. The molecule has 0 unspecified atom stereocenters. The van der Waals surface area contributed by atoms with Crippen LogP contribution in [-0.2, 0) is 19.7 Å². The lowest BCUT2D eigenvalue weighted by Crippen LogP contribution is -2.46. The second-order valence-corrected chi connectivity index (χ2v) is 6.07. The molecular formula is C18H28N2O4. The molecule has 1 aliphatic rings. The van der Waals surface area contributed by atoms with Gasteiger partial charge in [0.15, 0.2) is 0 Å². The van der Waals surface area contributed by atoms with E-state index in [-0.39, 0.29) is 11.3 Å². The highest BCUT2D eigenvalue weighted by atomic mass is 16.5. The van der Waals surface area contributed by atoms with E-state index >= 15 is 0 Å². The van der Waals surface area contributed by atoms with Crippen LogP contribution in [0.3, 0.4) is 0 Å². The largest absolute Gasteiger partial charge is 0.497 e. The first kappa shape index (κ1) is 18.7. The van der Waals surface area contributed by atoms with Gasteiger partial charge in [-0.1, -0.05) is 12.1 Å². The average Bonchev–Trinajstić information content (AvgIpc) is 2.64. The fourth-order valence-corrected chi connectivity index (χ4v) is 2.98. The first-order valence-corrected chi connectivity index (χ1v) is 8.39. The summed E-state index contributed by atoms with van der Waals surface area (Å²) in [5.41, 5.74) is 1.14. The van der Waals surface area contributed by atoms with E-state index in [1.165, 1.54) is 5.56 Å². The standard InChI is InChI=1S/C18H28N2O4/c1-22-12-9-19-13-17(21)20-14-18(7-10-24-11-8-18)15-3-5-16(23-2)6-4-15/h3-6,19H,7-14H2,1-2H3,(H,20,21). The minimum Gasteiger partial charge on any atom is -0.497 e. The predicted octanol–water partition coefficient (Wildman–Crippen LogP) is 1.10. The molecule has 134 valence electrons. The normalized spacial score (nSPS) is 16.6. The Labute approximate surface area is 143 Å². The van der Waals surface area contributed by atoms with Crippen molar-refractivity contribution in [3.05, 3.63) is 29.8 Å². The molecule has 1 amide bonds. The van der Waals surface area contributed by atoms with E-state index in [2.05, 4.69) is 22.8 Å². The molecule has 1 aromatic rings. The van der Waals surface area contributed by atoms with Gasteiger partial charge in [-0.15, -0.1) is 0 Å². The zero-order chi connectivity index (χ0) is 17.3. The molecule has 0 aromatic heterocycles. The highest BCUT2D eigenvalue weighted by Crippen LogP contribution is 2.35. The second-order valence-electron chi connectivity index (χ2n) is 6.07. The number of methoxy groups -OCH3 is 2. The van der Waals surface area contributed by atoms with E-state index in [0.29, 0.717) is 39.5 Å². The van der Waals surface area contributed by atoms with Gasteiger partial charge in [-0.2, -0.15) is 0 Å². The topological polar surface area (TPSA) is 68.8 Å². The monoisotopic (exact) mass is 336 g/mol. The van der Waals surface area contributed by atoms with Crippen LogP contribution in [0.25, 0.3) is 0 Å². The quantitative estimate of drug-likeness (QED) is 0.661. The molecule has 2 N–H and O–H groups in total. The van der Waals surface area contributed by atoms with E-state index in [0.717, 1.165) is 18.6 Å². The summed E-state index contributed by atoms with van der Waals surface area (Å²) in [5, 5.41) is 6.13. The molecule has 0 bridgehead atoms. The van der Waals surface area contributed by atoms with Crippen molar-refractivity contribution in [2.45, 2.75) is 18.3 Å². The van der Waals surface area contributed by atoms with Crippen LogP contribution in [-0.4, -0.2) is 59.6 Å². The summed E-state index contributed by atoms with van der Waals surface area (Å²) < 4.78 is 15.7. The summed E-state index contributed by atoms with van der Waals surface area (Å²) in [6.07, 6.45) is 1.80. The summed E-state index contributed by atoms with van der Waals surface area (Å²) >= 11 is 0. The van der Waals surface area contributed by atoms with Gasteiger partial charge in [-0.25, -0.2) is 0 Å². The third-order valence-electron chi connectivity index (χ3n) is 4.54. The zero-order valence-electron chi connectivity index (χ0n) is 14.6. The summed E-state index contributed by atoms with van der Waals surface area (Å²) in [6, 6.07) is 8.13. The van der Waals surface area contributed by atoms with Crippen LogP contribution in [0.5, 0.6) is 5.75 Å². The molecule has 2 rings (SSSR count). The first-order valence-electron chi connectivity index (χ1n) is 8.39. The molecule has 1 heterocycles. The maximum Gasteiger partial charge on any atom is 0.233 e. The van der Waals surface area contributed by atoms with E-state index in [4.69, 9.17) is 14.2 Å². The highest BCUT2D eigenvalue weighted by Gasteiger charge is 2.34. The van der Waals surface area contributed by atoms with E-state index in [1.807, 2.05) is 12.1 Å². The van der Waals surface area contributed by atoms with Crippen molar-refractivity contribution < 1.29 is 19.0 Å². The molecule has 0 aliphatic carbocycles. The van der Waals surface area contributed by atoms with E-state index < -0.39 is 0 Å². The Hall–Kier alpha value is -1.63. The molecule has 6 nitrogen and oxygen atoms in total. The van der Waals surface area contributed by atoms with Crippen LogP contribution in [0.1, 0.15) is 18.4 Å². The lowest BCUT2D eigenvalue weighted by atomic mass is 9.74. The van der Waals surface area contributed by atoms with Crippen molar-refractivity contribution in [3.63, 3.8) is 0 Å². The highest BCUT2D eigenvalue weighted by molar-refractivity contribution is 5.78. The molecule has 0 saturated carbocycles. The molecule has 0 atom stereocenters. The molecule has 24 heavy (non-hydrogen) atoms. The smallest absolute Gasteiger partial charge is 0.233 e. The van der Waals surface area contributed by atoms with Gasteiger partial charge in [0.2, 0.25) is 5.91 Å². The van der Waals surface area contributed by atoms with Crippen molar-refractivity contribution in [1.29, 1.82) is 0 Å². The Morgan fingerprint density at radius 3 is 2.54 bits per heavy atom. The summed E-state index contributed by atoms with van der Waals surface area (Å²) in [7, 11) is 3.31. The van der Waals surface area contributed by atoms with E-state index in [1.54, 1.807) is 14.2 Å². The van der Waals surface area contributed by atoms with Crippen LogP contribution >= 0.6 is 0 Å². The van der Waals surface area contributed by atoms with Crippen molar-refractivity contribution >= 4 is 5.91 Å². The fraction of sp³-hybridized carbons (Fsp3) is 0.611. The lowest BCUT2D eigenvalue weighted by Gasteiger charge is -2.38. The molecule has 1 fully saturated rings. The van der Waals surface area contributed by atoms with Gasteiger partial charge >= 0.3 is 0 Å². The van der Waals surface area contributed by atoms with Gasteiger partial charge in [-0.05, 0) is 30.5 Å². The van der Waals surface area contributed by atoms with Gasteiger partial charge < -0.3 is 24.8 Å². The van der Waals surface area contributed by atoms with Gasteiger partial charge in [0.05, 0.1) is 20.3 Å². The van der Waals surface area contributed by atoms with Crippen LogP contribution in [0.2, 0.25) is 0 Å². The van der Waals surface area contributed by atoms with Gasteiger partial charge in [0, 0.05) is 38.8 Å². The molecule has 1 saturated heterocycles. The number of hydrogen-bond donors (Lipinski definition) is 2. The molecule has 1 aromatic carbocycles. The number of nitrogens with one attached hydrogen (secondary N) is 2. The molecule has 0 spiro atoms. The Bertz CT molecular complexity index is 498. The number of amides is 1. The average molecular weight is 336 g/mol. The minimum absolute atomic E-state index is 0.00508. The molecular weight excluding hydrogens is 308 g/mol. The SMILES string of the molecule is COCCNCC(=O)NCC1(c2ccc(OC)cc2)CCOCC1. The van der Waals surface area contributed by atoms with Gasteiger partial charge in [-0.3, -0.25) is 4.79 Å². The third kappa shape index (κ3) is 5.19. The van der Waals surface area contributed by atoms with Gasteiger partial charge in [0.25, 0.3) is 0 Å².